The van der Waals surface area contributed by atoms with Crippen molar-refractivity contribution in [1.29, 1.82) is 0 Å². The van der Waals surface area contributed by atoms with E-state index in [0.29, 0.717) is 0 Å². The Kier molecular flexibility index (Phi) is 4.94. The van der Waals surface area contributed by atoms with E-state index < -0.39 is 0 Å². The van der Waals surface area contributed by atoms with Gasteiger partial charge in [-0.15, -0.1) is 0 Å². The van der Waals surface area contributed by atoms with Crippen LogP contribution in [0.3, 0.4) is 0 Å². The molecule has 0 spiro atoms. The van der Waals surface area contributed by atoms with Crippen LogP contribution in [-0.4, -0.2) is 41.6 Å². The third-order valence-electron chi connectivity index (χ3n) is 2.14. The van der Waals surface area contributed by atoms with E-state index in [1.54, 1.807) is 0 Å². The molecule has 0 amide bonds. The summed E-state index contributed by atoms with van der Waals surface area (Å²) in [4.78, 5) is 2.53. The van der Waals surface area contributed by atoms with Crippen LogP contribution in [-0.2, 0) is 0 Å². The molecular formula is C9H20N2S2. The Morgan fingerprint density at radius 2 is 1.77 bits per heavy atom. The zero-order valence-electron chi connectivity index (χ0n) is 8.58. The number of rotatable bonds is 3. The molecule has 1 aliphatic rings. The molecule has 0 aromatic carbocycles. The highest BCUT2D eigenvalue weighted by Gasteiger charge is 2.14. The van der Waals surface area contributed by atoms with Gasteiger partial charge in [0.05, 0.1) is 0 Å². The lowest BCUT2D eigenvalue weighted by atomic mass is 10.0. The van der Waals surface area contributed by atoms with Crippen LogP contribution >= 0.6 is 21.6 Å². The summed E-state index contributed by atoms with van der Waals surface area (Å²) in [5.41, 5.74) is 5.95. The van der Waals surface area contributed by atoms with Gasteiger partial charge in [-0.3, -0.25) is 0 Å². The molecule has 1 rings (SSSR count). The average molecular weight is 220 g/mol. The minimum atomic E-state index is -0.00735. The summed E-state index contributed by atoms with van der Waals surface area (Å²) >= 11 is 0. The topological polar surface area (TPSA) is 29.3 Å². The maximum absolute atomic E-state index is 5.95. The van der Waals surface area contributed by atoms with Crippen molar-refractivity contribution in [2.75, 3.05) is 31.1 Å². The molecule has 2 N–H and O–H groups in total. The lowest BCUT2D eigenvalue weighted by Gasteiger charge is -2.24. The average Bonchev–Trinajstić information content (AvgIpc) is 2.26. The number of nitrogens with two attached hydrogens (primary N) is 1. The van der Waals surface area contributed by atoms with Crippen molar-refractivity contribution >= 4 is 21.6 Å². The maximum Gasteiger partial charge on any atom is 0.0165 e. The van der Waals surface area contributed by atoms with Gasteiger partial charge in [0, 0.05) is 30.1 Å². The van der Waals surface area contributed by atoms with Crippen molar-refractivity contribution in [1.82, 2.24) is 4.90 Å². The molecular weight excluding hydrogens is 200 g/mol. The van der Waals surface area contributed by atoms with E-state index in [0.717, 1.165) is 13.0 Å². The molecule has 1 saturated heterocycles. The highest BCUT2D eigenvalue weighted by atomic mass is 33.1. The lowest BCUT2D eigenvalue weighted by Crippen LogP contribution is -2.38. The van der Waals surface area contributed by atoms with Crippen molar-refractivity contribution < 1.29 is 0 Å². The van der Waals surface area contributed by atoms with Gasteiger partial charge in [0.25, 0.3) is 0 Å². The largest absolute Gasteiger partial charge is 0.326 e. The fourth-order valence-corrected chi connectivity index (χ4v) is 3.29. The summed E-state index contributed by atoms with van der Waals surface area (Å²) in [6, 6.07) is 0. The standard InChI is InChI=1S/C9H20N2S2/c1-9(2,10)3-4-11-5-7-12-13-8-6-11/h3-8,10H2,1-2H3. The molecule has 0 aromatic rings. The molecule has 0 atom stereocenters. The van der Waals surface area contributed by atoms with Gasteiger partial charge in [-0.1, -0.05) is 21.6 Å². The van der Waals surface area contributed by atoms with Gasteiger partial charge in [0.15, 0.2) is 0 Å². The Hall–Kier alpha value is 0.620. The zero-order chi connectivity index (χ0) is 9.73. The molecule has 0 aromatic heterocycles. The monoisotopic (exact) mass is 220 g/mol. The molecule has 2 nitrogen and oxygen atoms in total. The molecule has 0 aliphatic carbocycles. The number of nitrogens with zero attached hydrogens (tertiary/aromatic N) is 1. The van der Waals surface area contributed by atoms with Gasteiger partial charge in [-0.25, -0.2) is 0 Å². The molecule has 13 heavy (non-hydrogen) atoms. The smallest absolute Gasteiger partial charge is 0.0165 e. The van der Waals surface area contributed by atoms with Crippen molar-refractivity contribution in [2.24, 2.45) is 5.73 Å². The van der Waals surface area contributed by atoms with Crippen molar-refractivity contribution in [2.45, 2.75) is 25.8 Å². The van der Waals surface area contributed by atoms with Crippen LogP contribution in [0.1, 0.15) is 20.3 Å². The Morgan fingerprint density at radius 1 is 1.23 bits per heavy atom. The van der Waals surface area contributed by atoms with Gasteiger partial charge in [0.1, 0.15) is 0 Å². The molecule has 0 saturated carbocycles. The van der Waals surface area contributed by atoms with Gasteiger partial charge in [-0.2, -0.15) is 0 Å². The second-order valence-corrected chi connectivity index (χ2v) is 6.93. The first-order valence-electron chi connectivity index (χ1n) is 4.83. The molecule has 0 bridgehead atoms. The van der Waals surface area contributed by atoms with Crippen LogP contribution in [0.2, 0.25) is 0 Å². The van der Waals surface area contributed by atoms with Gasteiger partial charge < -0.3 is 10.6 Å². The van der Waals surface area contributed by atoms with Crippen LogP contribution < -0.4 is 5.73 Å². The molecule has 0 radical (unpaired) electrons. The third kappa shape index (κ3) is 5.83. The fourth-order valence-electron chi connectivity index (χ4n) is 1.23. The number of hydrogen-bond donors (Lipinski definition) is 1. The van der Waals surface area contributed by atoms with Gasteiger partial charge >= 0.3 is 0 Å². The second-order valence-electron chi connectivity index (χ2n) is 4.22. The lowest BCUT2D eigenvalue weighted by molar-refractivity contribution is 0.277. The molecule has 1 heterocycles. The molecule has 1 aliphatic heterocycles. The predicted molar refractivity (Wildman–Crippen MR) is 64.2 cm³/mol. The third-order valence-corrected chi connectivity index (χ3v) is 4.50. The summed E-state index contributed by atoms with van der Waals surface area (Å²) in [6.07, 6.45) is 1.10. The minimum Gasteiger partial charge on any atom is -0.326 e. The fraction of sp³-hybridized carbons (Fsp3) is 1.00. The van der Waals surface area contributed by atoms with E-state index in [1.165, 1.54) is 24.6 Å². The maximum atomic E-state index is 5.95. The number of hydrogen-bond acceptors (Lipinski definition) is 4. The van der Waals surface area contributed by atoms with Crippen molar-refractivity contribution in [3.63, 3.8) is 0 Å². The minimum absolute atomic E-state index is 0.00735. The molecule has 78 valence electrons. The Labute approximate surface area is 89.4 Å². The zero-order valence-corrected chi connectivity index (χ0v) is 10.2. The Balaban J connectivity index is 2.19. The van der Waals surface area contributed by atoms with Crippen molar-refractivity contribution in [3.05, 3.63) is 0 Å². The molecule has 4 heteroatoms. The second kappa shape index (κ2) is 5.49. The summed E-state index contributed by atoms with van der Waals surface area (Å²) in [6.45, 7) is 7.83. The normalized spacial score (nSPS) is 21.5. The van der Waals surface area contributed by atoms with Crippen LogP contribution in [0.4, 0.5) is 0 Å². The first-order chi connectivity index (χ1) is 6.08. The van der Waals surface area contributed by atoms with Gasteiger partial charge in [0.2, 0.25) is 0 Å². The van der Waals surface area contributed by atoms with Gasteiger partial charge in [-0.05, 0) is 26.8 Å². The quantitative estimate of drug-likeness (QED) is 0.735. The highest BCUT2D eigenvalue weighted by molar-refractivity contribution is 8.76. The molecule has 0 unspecified atom stereocenters. The van der Waals surface area contributed by atoms with Crippen LogP contribution in [0.15, 0.2) is 0 Å². The summed E-state index contributed by atoms with van der Waals surface area (Å²) in [7, 11) is 3.99. The van der Waals surface area contributed by atoms with Crippen molar-refractivity contribution in [3.8, 4) is 0 Å². The SMILES string of the molecule is CC(C)(N)CCN1CCSSCC1. The van der Waals surface area contributed by atoms with Crippen LogP contribution in [0.25, 0.3) is 0 Å². The first kappa shape index (κ1) is 11.7. The van der Waals surface area contributed by atoms with E-state index >= 15 is 0 Å². The summed E-state index contributed by atoms with van der Waals surface area (Å²) < 4.78 is 0. The van der Waals surface area contributed by atoms with Crippen LogP contribution in [0, 0.1) is 0 Å². The Morgan fingerprint density at radius 3 is 2.23 bits per heavy atom. The summed E-state index contributed by atoms with van der Waals surface area (Å²) in [5.74, 6) is 2.52. The van der Waals surface area contributed by atoms with E-state index in [1.807, 2.05) is 21.6 Å². The first-order valence-corrected chi connectivity index (χ1v) is 7.32. The molecule has 1 fully saturated rings. The van der Waals surface area contributed by atoms with Crippen LogP contribution in [0.5, 0.6) is 0 Å². The van der Waals surface area contributed by atoms with E-state index in [4.69, 9.17) is 5.73 Å². The Bertz CT molecular complexity index is 137. The predicted octanol–water partition coefficient (Wildman–Crippen LogP) is 1.81. The highest BCUT2D eigenvalue weighted by Crippen LogP contribution is 2.24. The summed E-state index contributed by atoms with van der Waals surface area (Å²) in [5, 5.41) is 0. The van der Waals surface area contributed by atoms with E-state index in [2.05, 4.69) is 18.7 Å². The van der Waals surface area contributed by atoms with E-state index in [9.17, 15) is 0 Å². The van der Waals surface area contributed by atoms with E-state index in [-0.39, 0.29) is 5.54 Å².